The number of likely N-dealkylation sites (N-methyl/N-ethyl adjacent to an activating group) is 1. The lowest BCUT2D eigenvalue weighted by Crippen LogP contribution is -2.41. The van der Waals surface area contributed by atoms with E-state index in [1.807, 2.05) is 24.3 Å². The van der Waals surface area contributed by atoms with Crippen molar-refractivity contribution in [3.63, 3.8) is 0 Å². The van der Waals surface area contributed by atoms with Crippen molar-refractivity contribution >= 4 is 16.8 Å². The average Bonchev–Trinajstić information content (AvgIpc) is 2.86. The molecule has 1 N–H and O–H groups in total. The van der Waals surface area contributed by atoms with Crippen LogP contribution in [0.2, 0.25) is 0 Å². The van der Waals surface area contributed by atoms with Gasteiger partial charge in [0.1, 0.15) is 5.75 Å². The maximum Gasteiger partial charge on any atom is 0.248 e. The highest BCUT2D eigenvalue weighted by molar-refractivity contribution is 5.79. The molecule has 0 unspecified atom stereocenters. The number of ether oxygens (including phenoxy) is 1. The van der Waals surface area contributed by atoms with Gasteiger partial charge in [-0.2, -0.15) is 0 Å². The first-order chi connectivity index (χ1) is 17.6. The van der Waals surface area contributed by atoms with Crippen LogP contribution in [0.5, 0.6) is 5.75 Å². The number of carbonyl (C=O) groups is 1. The van der Waals surface area contributed by atoms with Gasteiger partial charge in [-0.05, 0) is 62.4 Å². The summed E-state index contributed by atoms with van der Waals surface area (Å²) in [6.07, 6.45) is 13.3. The number of aromatic nitrogens is 1. The van der Waals surface area contributed by atoms with Gasteiger partial charge in [-0.1, -0.05) is 45.1 Å². The van der Waals surface area contributed by atoms with Gasteiger partial charge in [0.15, 0.2) is 0 Å². The number of aromatic amines is 1. The highest BCUT2D eigenvalue weighted by Crippen LogP contribution is 2.24. The molecule has 2 aromatic rings. The summed E-state index contributed by atoms with van der Waals surface area (Å²) < 4.78 is 5.92. The number of nitrogens with one attached hydrogen (secondary N) is 1. The zero-order valence-electron chi connectivity index (χ0n) is 22.2. The Kier molecular flexibility index (Phi) is 12.0. The smallest absolute Gasteiger partial charge is 0.248 e. The van der Waals surface area contributed by atoms with Gasteiger partial charge in [-0.15, -0.1) is 6.58 Å². The van der Waals surface area contributed by atoms with E-state index in [0.717, 1.165) is 62.2 Å². The number of carbonyl (C=O) groups excluding carboxylic acids is 1. The fourth-order valence-corrected chi connectivity index (χ4v) is 5.12. The van der Waals surface area contributed by atoms with E-state index in [4.69, 9.17) is 4.74 Å². The van der Waals surface area contributed by atoms with Crippen LogP contribution in [0.1, 0.15) is 71.1 Å². The number of unbranched alkanes of at least 4 members (excludes halogenated alkanes) is 1. The van der Waals surface area contributed by atoms with Gasteiger partial charge in [0.25, 0.3) is 0 Å². The third-order valence-electron chi connectivity index (χ3n) is 7.33. The molecular weight excluding hydrogens is 450 g/mol. The highest BCUT2D eigenvalue weighted by Gasteiger charge is 2.20. The molecule has 0 bridgehead atoms. The van der Waals surface area contributed by atoms with Crippen molar-refractivity contribution in [2.24, 2.45) is 5.92 Å². The van der Waals surface area contributed by atoms with Crippen molar-refractivity contribution < 1.29 is 9.53 Å². The Labute approximate surface area is 216 Å². The Bertz CT molecular complexity index is 994. The Morgan fingerprint density at radius 2 is 1.86 bits per heavy atom. The normalized spacial score (nSPS) is 14.9. The summed E-state index contributed by atoms with van der Waals surface area (Å²) in [5, 5.41) is 0.949. The Morgan fingerprint density at radius 3 is 2.61 bits per heavy atom. The van der Waals surface area contributed by atoms with Gasteiger partial charge in [-0.3, -0.25) is 14.5 Å². The SMILES string of the molecule is C=CCN(CC)CCN(CC1CCCCCCC1)C(=O)CCCCOc1ccc2[nH]c(=O)ccc2c1. The molecule has 198 valence electrons. The lowest BCUT2D eigenvalue weighted by Gasteiger charge is -2.31. The van der Waals surface area contributed by atoms with Crippen molar-refractivity contribution in [1.29, 1.82) is 0 Å². The van der Waals surface area contributed by atoms with E-state index in [2.05, 4.69) is 28.3 Å². The molecule has 1 saturated carbocycles. The molecule has 0 saturated heterocycles. The van der Waals surface area contributed by atoms with Gasteiger partial charge in [0.2, 0.25) is 11.5 Å². The minimum absolute atomic E-state index is 0.104. The Morgan fingerprint density at radius 1 is 1.08 bits per heavy atom. The van der Waals surface area contributed by atoms with Gasteiger partial charge >= 0.3 is 0 Å². The third kappa shape index (κ3) is 9.45. The summed E-state index contributed by atoms with van der Waals surface area (Å²) in [5.41, 5.74) is 0.701. The minimum atomic E-state index is -0.104. The van der Waals surface area contributed by atoms with Gasteiger partial charge in [0, 0.05) is 49.6 Å². The van der Waals surface area contributed by atoms with Crippen LogP contribution in [0, 0.1) is 5.92 Å². The number of pyridine rings is 1. The number of hydrogen-bond acceptors (Lipinski definition) is 4. The van der Waals surface area contributed by atoms with Crippen LogP contribution in [-0.2, 0) is 4.79 Å². The molecule has 1 heterocycles. The summed E-state index contributed by atoms with van der Waals surface area (Å²) in [5.74, 6) is 1.70. The molecular formula is C30H45N3O3. The molecule has 0 spiro atoms. The Hall–Kier alpha value is -2.60. The average molecular weight is 496 g/mol. The largest absolute Gasteiger partial charge is 0.494 e. The number of hydrogen-bond donors (Lipinski definition) is 1. The molecule has 1 aromatic carbocycles. The molecule has 36 heavy (non-hydrogen) atoms. The van der Waals surface area contributed by atoms with Crippen molar-refractivity contribution in [1.82, 2.24) is 14.8 Å². The summed E-state index contributed by atoms with van der Waals surface area (Å²) >= 11 is 0. The molecule has 0 aliphatic heterocycles. The predicted molar refractivity (Wildman–Crippen MR) is 149 cm³/mol. The second kappa shape index (κ2) is 15.5. The zero-order chi connectivity index (χ0) is 25.6. The minimum Gasteiger partial charge on any atom is -0.494 e. The van der Waals surface area contributed by atoms with Crippen LogP contribution >= 0.6 is 0 Å². The first-order valence-electron chi connectivity index (χ1n) is 14.0. The Balaban J connectivity index is 1.47. The van der Waals surface area contributed by atoms with Crippen molar-refractivity contribution in [2.45, 2.75) is 71.1 Å². The number of amides is 1. The van der Waals surface area contributed by atoms with Gasteiger partial charge in [0.05, 0.1) is 6.61 Å². The summed E-state index contributed by atoms with van der Waals surface area (Å²) in [4.78, 5) is 32.0. The topological polar surface area (TPSA) is 65.6 Å². The monoisotopic (exact) mass is 495 g/mol. The molecule has 6 heteroatoms. The van der Waals surface area contributed by atoms with Gasteiger partial charge < -0.3 is 14.6 Å². The lowest BCUT2D eigenvalue weighted by molar-refractivity contribution is -0.132. The van der Waals surface area contributed by atoms with E-state index >= 15 is 0 Å². The first kappa shape index (κ1) is 28.0. The second-order valence-electron chi connectivity index (χ2n) is 10.1. The number of H-pyrrole nitrogens is 1. The van der Waals surface area contributed by atoms with Crippen LogP contribution in [-0.4, -0.2) is 60.0 Å². The maximum absolute atomic E-state index is 13.3. The summed E-state index contributed by atoms with van der Waals surface area (Å²) in [7, 11) is 0. The maximum atomic E-state index is 13.3. The van der Waals surface area contributed by atoms with E-state index in [9.17, 15) is 9.59 Å². The van der Waals surface area contributed by atoms with Crippen LogP contribution in [0.4, 0.5) is 0 Å². The van der Waals surface area contributed by atoms with Crippen molar-refractivity contribution in [3.8, 4) is 5.75 Å². The van der Waals surface area contributed by atoms with E-state index in [0.29, 0.717) is 18.9 Å². The molecule has 0 radical (unpaired) electrons. The molecule has 1 aliphatic rings. The molecule has 1 aliphatic carbocycles. The van der Waals surface area contributed by atoms with Crippen molar-refractivity contribution in [3.05, 3.63) is 53.3 Å². The van der Waals surface area contributed by atoms with Crippen LogP contribution in [0.3, 0.4) is 0 Å². The number of nitrogens with zero attached hydrogens (tertiary/aromatic N) is 2. The quantitative estimate of drug-likeness (QED) is 0.267. The van der Waals surface area contributed by atoms with E-state index < -0.39 is 0 Å². The first-order valence-corrected chi connectivity index (χ1v) is 14.0. The van der Waals surface area contributed by atoms with Crippen LogP contribution in [0.15, 0.2) is 47.8 Å². The predicted octanol–water partition coefficient (Wildman–Crippen LogP) is 5.77. The highest BCUT2D eigenvalue weighted by atomic mass is 16.5. The standard InChI is InChI=1S/C30H45N3O3/c1-3-19-32(4-2)20-21-33(24-25-12-8-6-5-7-9-13-25)30(35)14-10-11-22-36-27-16-17-28-26(23-27)15-18-29(34)31-28/h3,15-18,23,25H,1,4-14,19-22,24H2,2H3,(H,31,34). The molecule has 1 amide bonds. The molecule has 6 nitrogen and oxygen atoms in total. The number of benzene rings is 1. The second-order valence-corrected chi connectivity index (χ2v) is 10.1. The van der Waals surface area contributed by atoms with Crippen LogP contribution < -0.4 is 10.3 Å². The van der Waals surface area contributed by atoms with E-state index in [1.165, 1.54) is 51.0 Å². The molecule has 0 atom stereocenters. The number of rotatable bonds is 14. The van der Waals surface area contributed by atoms with Crippen molar-refractivity contribution in [2.75, 3.05) is 39.3 Å². The molecule has 1 aromatic heterocycles. The molecule has 3 rings (SSSR count). The zero-order valence-corrected chi connectivity index (χ0v) is 22.2. The summed E-state index contributed by atoms with van der Waals surface area (Å²) in [6, 6.07) is 9.02. The lowest BCUT2D eigenvalue weighted by atomic mass is 9.90. The molecule has 1 fully saturated rings. The number of fused-ring (bicyclic) bond motifs is 1. The fraction of sp³-hybridized carbons (Fsp3) is 0.600. The van der Waals surface area contributed by atoms with Crippen LogP contribution in [0.25, 0.3) is 10.9 Å². The fourth-order valence-electron chi connectivity index (χ4n) is 5.12. The summed E-state index contributed by atoms with van der Waals surface area (Å²) in [6.45, 7) is 11.1. The van der Waals surface area contributed by atoms with E-state index in [1.54, 1.807) is 6.07 Å². The van der Waals surface area contributed by atoms with E-state index in [-0.39, 0.29) is 11.5 Å². The third-order valence-corrected chi connectivity index (χ3v) is 7.33. The van der Waals surface area contributed by atoms with Gasteiger partial charge in [-0.25, -0.2) is 0 Å².